The first-order chi connectivity index (χ1) is 23.5. The van der Waals surface area contributed by atoms with E-state index in [1.54, 1.807) is 12.1 Å². The molecule has 0 fully saturated rings. The van der Waals surface area contributed by atoms with Gasteiger partial charge in [-0.25, -0.2) is 35.1 Å². The van der Waals surface area contributed by atoms with Crippen molar-refractivity contribution < 1.29 is 35.1 Å². The van der Waals surface area contributed by atoms with E-state index in [2.05, 4.69) is 6.92 Å². The zero-order valence-corrected chi connectivity index (χ0v) is 26.5. The molecule has 0 N–H and O–H groups in total. The van der Waals surface area contributed by atoms with E-state index in [-0.39, 0.29) is 22.3 Å². The lowest BCUT2D eigenvalue weighted by Crippen LogP contribution is -1.94. The van der Waals surface area contributed by atoms with Gasteiger partial charge in [0, 0.05) is 11.1 Å². The van der Waals surface area contributed by atoms with Gasteiger partial charge in [-0.05, 0) is 93.7 Å². The normalized spacial score (nSPS) is 10.9. The van der Waals surface area contributed by atoms with E-state index in [1.165, 1.54) is 35.4 Å². The van der Waals surface area contributed by atoms with E-state index >= 15 is 0 Å². The van der Waals surface area contributed by atoms with Crippen LogP contribution in [0.25, 0.3) is 44.5 Å². The van der Waals surface area contributed by atoms with Crippen LogP contribution in [0.2, 0.25) is 0 Å². The monoisotopic (exact) mass is 674 g/mol. The first kappa shape index (κ1) is 35.1. The third kappa shape index (κ3) is 8.08. The number of halogens is 8. The second kappa shape index (κ2) is 15.3. The van der Waals surface area contributed by atoms with Crippen molar-refractivity contribution in [3.8, 4) is 44.5 Å². The van der Waals surface area contributed by atoms with Crippen molar-refractivity contribution in [3.63, 3.8) is 0 Å². The maximum atomic E-state index is 14.4. The molecule has 6 aromatic carbocycles. The van der Waals surface area contributed by atoms with Crippen molar-refractivity contribution in [2.45, 2.75) is 33.1 Å². The van der Waals surface area contributed by atoms with Gasteiger partial charge < -0.3 is 0 Å². The molecule has 0 saturated heterocycles. The molecule has 0 nitrogen and oxygen atoms in total. The summed E-state index contributed by atoms with van der Waals surface area (Å²) in [5.41, 5.74) is 5.33. The Bertz CT molecular complexity index is 2040. The predicted octanol–water partition coefficient (Wildman–Crippen LogP) is 12.7. The van der Waals surface area contributed by atoms with Crippen molar-refractivity contribution in [1.82, 2.24) is 0 Å². The Kier molecular flexibility index (Phi) is 11.0. The molecule has 0 aliphatic rings. The van der Waals surface area contributed by atoms with Crippen molar-refractivity contribution >= 4 is 0 Å². The molecule has 0 saturated carbocycles. The van der Waals surface area contributed by atoms with Gasteiger partial charge in [-0.3, -0.25) is 0 Å². The fourth-order valence-electron chi connectivity index (χ4n) is 5.37. The maximum absolute atomic E-state index is 14.4. The van der Waals surface area contributed by atoms with Crippen molar-refractivity contribution in [1.29, 1.82) is 0 Å². The number of hydrogen-bond acceptors (Lipinski definition) is 0. The van der Waals surface area contributed by atoms with Crippen LogP contribution in [-0.2, 0) is 12.8 Å². The van der Waals surface area contributed by atoms with Crippen LogP contribution in [0.1, 0.15) is 31.4 Å². The van der Waals surface area contributed by atoms with Crippen LogP contribution < -0.4 is 0 Å². The molecule has 0 radical (unpaired) electrons. The van der Waals surface area contributed by atoms with Crippen LogP contribution >= 0.6 is 0 Å². The summed E-state index contributed by atoms with van der Waals surface area (Å²) in [6.45, 7) is 4.15. The highest BCUT2D eigenvalue weighted by molar-refractivity contribution is 5.72. The molecule has 6 aromatic rings. The van der Waals surface area contributed by atoms with Crippen LogP contribution in [0.15, 0.2) is 109 Å². The van der Waals surface area contributed by atoms with Gasteiger partial charge in [0.25, 0.3) is 0 Å². The summed E-state index contributed by atoms with van der Waals surface area (Å²) in [6, 6.07) is 27.5. The van der Waals surface area contributed by atoms with Gasteiger partial charge in [0.2, 0.25) is 0 Å². The standard InChI is InChI=1S/C21H16F4.C20H14F4/c1-2-3-13-4-6-14(7-5-13)15-8-9-17(18(22)10-15)16-11-19(23)21(25)20(24)12-16;1-2-12-3-5-13(6-4-12)14-7-8-16(17(21)9-14)15-10-18(22)20(24)19(23)11-15/h4-12H,2-3H2,1H3;3-11H,2H2,1H3. The highest BCUT2D eigenvalue weighted by Gasteiger charge is 2.16. The summed E-state index contributed by atoms with van der Waals surface area (Å²) in [6.07, 6.45) is 2.94. The van der Waals surface area contributed by atoms with Gasteiger partial charge in [0.1, 0.15) is 11.6 Å². The quantitative estimate of drug-likeness (QED) is 0.117. The summed E-state index contributed by atoms with van der Waals surface area (Å²) in [5.74, 6) is -9.75. The lowest BCUT2D eigenvalue weighted by atomic mass is 9.98. The van der Waals surface area contributed by atoms with Crippen LogP contribution in [-0.4, -0.2) is 0 Å². The summed E-state index contributed by atoms with van der Waals surface area (Å²) < 4.78 is 108. The predicted molar refractivity (Wildman–Crippen MR) is 178 cm³/mol. The minimum atomic E-state index is -1.56. The molecule has 250 valence electrons. The van der Waals surface area contributed by atoms with Crippen LogP contribution in [0, 0.1) is 46.5 Å². The minimum Gasteiger partial charge on any atom is -0.206 e. The summed E-state index contributed by atoms with van der Waals surface area (Å²) in [5, 5.41) is 0. The lowest BCUT2D eigenvalue weighted by molar-refractivity contribution is 0.447. The van der Waals surface area contributed by atoms with E-state index in [1.807, 2.05) is 55.5 Å². The topological polar surface area (TPSA) is 0 Å². The zero-order chi connectivity index (χ0) is 35.2. The largest absolute Gasteiger partial charge is 0.206 e. The average molecular weight is 675 g/mol. The minimum absolute atomic E-state index is 0.0155. The van der Waals surface area contributed by atoms with Crippen LogP contribution in [0.4, 0.5) is 35.1 Å². The fourth-order valence-corrected chi connectivity index (χ4v) is 5.37. The first-order valence-electron chi connectivity index (χ1n) is 15.6. The summed E-state index contributed by atoms with van der Waals surface area (Å²) >= 11 is 0. The Balaban J connectivity index is 0.000000191. The number of hydrogen-bond donors (Lipinski definition) is 0. The molecular weight excluding hydrogens is 644 g/mol. The Morgan fingerprint density at radius 2 is 0.673 bits per heavy atom. The summed E-state index contributed by atoms with van der Waals surface area (Å²) in [4.78, 5) is 0. The van der Waals surface area contributed by atoms with Gasteiger partial charge in [-0.1, -0.05) is 93.1 Å². The van der Waals surface area contributed by atoms with Crippen molar-refractivity contribution in [3.05, 3.63) is 167 Å². The Labute approximate surface area is 279 Å². The summed E-state index contributed by atoms with van der Waals surface area (Å²) in [7, 11) is 0. The zero-order valence-electron chi connectivity index (χ0n) is 26.5. The third-order valence-electron chi connectivity index (χ3n) is 8.05. The lowest BCUT2D eigenvalue weighted by Gasteiger charge is -2.09. The van der Waals surface area contributed by atoms with Crippen molar-refractivity contribution in [2.24, 2.45) is 0 Å². The van der Waals surface area contributed by atoms with E-state index < -0.39 is 46.5 Å². The molecule has 0 heterocycles. The highest BCUT2D eigenvalue weighted by Crippen LogP contribution is 2.32. The molecule has 0 bridgehead atoms. The second-order valence-corrected chi connectivity index (χ2v) is 11.4. The highest BCUT2D eigenvalue weighted by atomic mass is 19.2. The molecule has 0 spiro atoms. The van der Waals surface area contributed by atoms with E-state index in [0.29, 0.717) is 11.1 Å². The Morgan fingerprint density at radius 1 is 0.347 bits per heavy atom. The van der Waals surface area contributed by atoms with E-state index in [9.17, 15) is 35.1 Å². The number of aryl methyl sites for hydroxylation is 2. The molecule has 0 aliphatic heterocycles. The van der Waals surface area contributed by atoms with Gasteiger partial charge >= 0.3 is 0 Å². The Hall–Kier alpha value is -5.24. The second-order valence-electron chi connectivity index (χ2n) is 11.4. The maximum Gasteiger partial charge on any atom is 0.194 e. The van der Waals surface area contributed by atoms with Gasteiger partial charge in [0.15, 0.2) is 34.9 Å². The van der Waals surface area contributed by atoms with Crippen LogP contribution in [0.5, 0.6) is 0 Å². The smallest absolute Gasteiger partial charge is 0.194 e. The first-order valence-corrected chi connectivity index (χ1v) is 15.6. The molecule has 8 heteroatoms. The third-order valence-corrected chi connectivity index (χ3v) is 8.05. The SMILES string of the molecule is CCCc1ccc(-c2ccc(-c3cc(F)c(F)c(F)c3)c(F)c2)cc1.CCc1ccc(-c2ccc(-c3cc(F)c(F)c(F)c3)c(F)c2)cc1. The van der Waals surface area contributed by atoms with E-state index in [4.69, 9.17) is 0 Å². The molecule has 0 amide bonds. The number of rotatable bonds is 7. The average Bonchev–Trinajstić information content (AvgIpc) is 3.10. The molecule has 0 unspecified atom stereocenters. The molecule has 0 aliphatic carbocycles. The van der Waals surface area contributed by atoms with Crippen molar-refractivity contribution in [2.75, 3.05) is 0 Å². The molecule has 6 rings (SSSR count). The van der Waals surface area contributed by atoms with E-state index in [0.717, 1.165) is 54.7 Å². The van der Waals surface area contributed by atoms with Gasteiger partial charge in [-0.15, -0.1) is 0 Å². The van der Waals surface area contributed by atoms with Gasteiger partial charge in [-0.2, -0.15) is 0 Å². The van der Waals surface area contributed by atoms with Gasteiger partial charge in [0.05, 0.1) is 0 Å². The fraction of sp³-hybridized carbons (Fsp3) is 0.122. The molecular formula is C41H30F8. The molecule has 0 atom stereocenters. The van der Waals surface area contributed by atoms with Crippen LogP contribution in [0.3, 0.4) is 0 Å². The Morgan fingerprint density at radius 3 is 1.00 bits per heavy atom. The number of benzene rings is 6. The molecule has 49 heavy (non-hydrogen) atoms. The molecule has 0 aromatic heterocycles.